The van der Waals surface area contributed by atoms with Crippen LogP contribution in [-0.2, 0) is 28.8 Å². The van der Waals surface area contributed by atoms with Crippen molar-refractivity contribution in [2.24, 2.45) is 23.1 Å². The molecule has 14 nitrogen and oxygen atoms in total. The minimum atomic E-state index is -1.46. The lowest BCUT2D eigenvalue weighted by Gasteiger charge is -2.28. The molecular weight excluding hydrogens is 476 g/mol. The summed E-state index contributed by atoms with van der Waals surface area (Å²) in [4.78, 5) is 71.7. The fourth-order valence-electron chi connectivity index (χ4n) is 3.21. The second-order valence-electron chi connectivity index (χ2n) is 8.66. The Balaban J connectivity index is 5.55. The van der Waals surface area contributed by atoms with Gasteiger partial charge in [0.05, 0.1) is 6.04 Å². The second-order valence-corrected chi connectivity index (χ2v) is 8.66. The maximum absolute atomic E-state index is 13.1. The van der Waals surface area contributed by atoms with Crippen LogP contribution in [-0.4, -0.2) is 76.5 Å². The third-order valence-corrected chi connectivity index (χ3v) is 5.67. The summed E-state index contributed by atoms with van der Waals surface area (Å²) in [5, 5.41) is 25.6. The van der Waals surface area contributed by atoms with Gasteiger partial charge in [0, 0.05) is 12.8 Å². The molecule has 0 aliphatic rings. The molecule has 0 radical (unpaired) electrons. The van der Waals surface area contributed by atoms with E-state index in [1.807, 2.05) is 0 Å². The Morgan fingerprint density at radius 3 is 1.92 bits per heavy atom. The van der Waals surface area contributed by atoms with Crippen molar-refractivity contribution >= 4 is 35.6 Å². The molecule has 0 heterocycles. The summed E-state index contributed by atoms with van der Waals surface area (Å²) in [7, 11) is 0. The molecule has 0 aliphatic heterocycles. The number of unbranched alkanes of at least 4 members (excludes halogenated alkanes) is 1. The first-order chi connectivity index (χ1) is 16.8. The molecule has 0 bridgehead atoms. The molecule has 0 fully saturated rings. The topological polar surface area (TPSA) is 257 Å². The maximum Gasteiger partial charge on any atom is 0.326 e. The molecule has 36 heavy (non-hydrogen) atoms. The second kappa shape index (κ2) is 17.2. The Bertz CT molecular complexity index is 778. The molecule has 14 heteroatoms. The Kier molecular flexibility index (Phi) is 15.7. The van der Waals surface area contributed by atoms with Crippen LogP contribution in [0.25, 0.3) is 0 Å². The van der Waals surface area contributed by atoms with Crippen LogP contribution >= 0.6 is 0 Å². The zero-order chi connectivity index (χ0) is 27.8. The summed E-state index contributed by atoms with van der Waals surface area (Å²) >= 11 is 0. The van der Waals surface area contributed by atoms with Gasteiger partial charge >= 0.3 is 11.9 Å². The molecule has 0 aromatic rings. The largest absolute Gasteiger partial charge is 0.481 e. The van der Waals surface area contributed by atoms with Crippen molar-refractivity contribution in [1.82, 2.24) is 16.0 Å². The highest BCUT2D eigenvalue weighted by molar-refractivity contribution is 5.94. The van der Waals surface area contributed by atoms with E-state index in [2.05, 4.69) is 16.0 Å². The van der Waals surface area contributed by atoms with E-state index in [0.29, 0.717) is 25.8 Å². The van der Waals surface area contributed by atoms with Crippen molar-refractivity contribution in [3.8, 4) is 0 Å². The van der Waals surface area contributed by atoms with Crippen molar-refractivity contribution in [1.29, 1.82) is 0 Å². The fraction of sp³-hybridized carbons (Fsp3) is 0.727. The van der Waals surface area contributed by atoms with Gasteiger partial charge in [0.15, 0.2) is 0 Å². The van der Waals surface area contributed by atoms with E-state index >= 15 is 0 Å². The standard InChI is InChI=1S/C22H40N6O8/c1-3-12(2)18(21(34)27-15(22(35)36)8-10-17(30)31)28-20(33)14(6-4-5-11-23)26-19(32)13(24)7-9-16(25)29/h12-15,18H,3-11,23-24H2,1-2H3,(H2,25,29)(H,26,32)(H,27,34)(H,28,33)(H,30,31)(H,35,36). The van der Waals surface area contributed by atoms with E-state index in [1.165, 1.54) is 0 Å². The third kappa shape index (κ3) is 13.0. The molecule has 0 aromatic heterocycles. The molecule has 5 atom stereocenters. The van der Waals surface area contributed by atoms with Crippen LogP contribution < -0.4 is 33.2 Å². The number of hydrogen-bond acceptors (Lipinski definition) is 8. The van der Waals surface area contributed by atoms with Crippen LogP contribution in [0.5, 0.6) is 0 Å². The quantitative estimate of drug-likeness (QED) is 0.0889. The normalized spacial score (nSPS) is 15.0. The van der Waals surface area contributed by atoms with Gasteiger partial charge in [0.1, 0.15) is 18.1 Å². The van der Waals surface area contributed by atoms with E-state index in [4.69, 9.17) is 22.3 Å². The summed E-state index contributed by atoms with van der Waals surface area (Å²) in [6.45, 7) is 3.82. The van der Waals surface area contributed by atoms with Gasteiger partial charge in [0.2, 0.25) is 23.6 Å². The molecule has 0 saturated heterocycles. The van der Waals surface area contributed by atoms with Crippen molar-refractivity contribution in [3.05, 3.63) is 0 Å². The molecule has 206 valence electrons. The highest BCUT2D eigenvalue weighted by atomic mass is 16.4. The Morgan fingerprint density at radius 1 is 0.806 bits per heavy atom. The first-order valence-electron chi connectivity index (χ1n) is 11.9. The number of nitrogens with two attached hydrogens (primary N) is 3. The molecule has 11 N–H and O–H groups in total. The zero-order valence-corrected chi connectivity index (χ0v) is 20.8. The lowest BCUT2D eigenvalue weighted by Crippen LogP contribution is -2.58. The van der Waals surface area contributed by atoms with E-state index < -0.39 is 72.1 Å². The van der Waals surface area contributed by atoms with E-state index in [-0.39, 0.29) is 25.7 Å². The minimum absolute atomic E-state index is 0.0108. The zero-order valence-electron chi connectivity index (χ0n) is 20.8. The summed E-state index contributed by atoms with van der Waals surface area (Å²) in [6.07, 6.45) is 0.788. The minimum Gasteiger partial charge on any atom is -0.481 e. The number of carboxylic acids is 2. The molecule has 0 saturated carbocycles. The number of carboxylic acid groups (broad SMARTS) is 2. The smallest absolute Gasteiger partial charge is 0.326 e. The number of nitrogens with one attached hydrogen (secondary N) is 3. The molecule has 0 spiro atoms. The van der Waals surface area contributed by atoms with Crippen molar-refractivity contribution in [2.45, 2.75) is 89.4 Å². The van der Waals surface area contributed by atoms with Gasteiger partial charge in [-0.3, -0.25) is 24.0 Å². The summed E-state index contributed by atoms with van der Waals surface area (Å²) in [6, 6.07) is -4.75. The Morgan fingerprint density at radius 2 is 1.42 bits per heavy atom. The maximum atomic E-state index is 13.1. The average Bonchev–Trinajstić information content (AvgIpc) is 2.81. The summed E-state index contributed by atoms with van der Waals surface area (Å²) in [5.74, 6) is -5.81. The van der Waals surface area contributed by atoms with Crippen LogP contribution in [0, 0.1) is 5.92 Å². The molecule has 0 rings (SSSR count). The first-order valence-corrected chi connectivity index (χ1v) is 11.9. The average molecular weight is 517 g/mol. The van der Waals surface area contributed by atoms with Crippen molar-refractivity contribution < 1.29 is 39.0 Å². The van der Waals surface area contributed by atoms with E-state index in [1.54, 1.807) is 13.8 Å². The Hall–Kier alpha value is -3.26. The molecule has 0 aliphatic carbocycles. The van der Waals surface area contributed by atoms with Gasteiger partial charge in [0.25, 0.3) is 0 Å². The molecular formula is C22H40N6O8. The number of rotatable bonds is 19. The highest BCUT2D eigenvalue weighted by Crippen LogP contribution is 2.11. The van der Waals surface area contributed by atoms with Gasteiger partial charge in [-0.1, -0.05) is 20.3 Å². The van der Waals surface area contributed by atoms with Crippen LogP contribution in [0.2, 0.25) is 0 Å². The predicted molar refractivity (Wildman–Crippen MR) is 129 cm³/mol. The number of amides is 4. The monoisotopic (exact) mass is 516 g/mol. The summed E-state index contributed by atoms with van der Waals surface area (Å²) in [5.41, 5.74) is 16.4. The van der Waals surface area contributed by atoms with Crippen LogP contribution in [0.15, 0.2) is 0 Å². The fourth-order valence-corrected chi connectivity index (χ4v) is 3.21. The number of aliphatic carboxylic acids is 2. The SMILES string of the molecule is CCC(C)C(NC(=O)C(CCCCN)NC(=O)C(N)CCC(N)=O)C(=O)NC(CCC(=O)O)C(=O)O. The van der Waals surface area contributed by atoms with Crippen LogP contribution in [0.3, 0.4) is 0 Å². The predicted octanol–water partition coefficient (Wildman–Crippen LogP) is -1.84. The highest BCUT2D eigenvalue weighted by Gasteiger charge is 2.32. The van der Waals surface area contributed by atoms with Crippen LogP contribution in [0.4, 0.5) is 0 Å². The van der Waals surface area contributed by atoms with Gasteiger partial charge in [-0.25, -0.2) is 4.79 Å². The number of primary amides is 1. The van der Waals surface area contributed by atoms with Gasteiger partial charge in [-0.2, -0.15) is 0 Å². The molecule has 0 aromatic carbocycles. The number of carbonyl (C=O) groups excluding carboxylic acids is 4. The van der Waals surface area contributed by atoms with Crippen LogP contribution in [0.1, 0.15) is 65.2 Å². The Labute approximate surface area is 210 Å². The van der Waals surface area contributed by atoms with E-state index in [0.717, 1.165) is 0 Å². The number of hydrogen-bond donors (Lipinski definition) is 8. The summed E-state index contributed by atoms with van der Waals surface area (Å²) < 4.78 is 0. The van der Waals surface area contributed by atoms with Gasteiger partial charge < -0.3 is 43.4 Å². The van der Waals surface area contributed by atoms with Crippen molar-refractivity contribution in [3.63, 3.8) is 0 Å². The first kappa shape index (κ1) is 32.7. The third-order valence-electron chi connectivity index (χ3n) is 5.67. The molecule has 5 unspecified atom stereocenters. The lowest BCUT2D eigenvalue weighted by molar-refractivity contribution is -0.143. The molecule has 4 amide bonds. The van der Waals surface area contributed by atoms with Gasteiger partial charge in [-0.05, 0) is 44.6 Å². The van der Waals surface area contributed by atoms with E-state index in [9.17, 15) is 33.9 Å². The number of carbonyl (C=O) groups is 6. The lowest BCUT2D eigenvalue weighted by atomic mass is 9.96. The van der Waals surface area contributed by atoms with Crippen molar-refractivity contribution in [2.75, 3.05) is 6.54 Å². The van der Waals surface area contributed by atoms with Gasteiger partial charge in [-0.15, -0.1) is 0 Å².